The number of phenolic OH excluding ortho intramolecular Hbond substituents is 2. The number of aliphatic carboxylic acids is 2. The highest BCUT2D eigenvalue weighted by atomic mass is 32.2. The Morgan fingerprint density at radius 1 is 0.574 bits per heavy atom. The summed E-state index contributed by atoms with van der Waals surface area (Å²) in [5, 5.41) is 45.1. The van der Waals surface area contributed by atoms with E-state index in [1.54, 1.807) is 0 Å². The van der Waals surface area contributed by atoms with Gasteiger partial charge in [0.25, 0.3) is 0 Å². The van der Waals surface area contributed by atoms with Crippen LogP contribution in [0.25, 0.3) is 0 Å². The van der Waals surface area contributed by atoms with E-state index in [4.69, 9.17) is 0 Å². The van der Waals surface area contributed by atoms with Crippen molar-refractivity contribution in [2.24, 2.45) is 11.8 Å². The standard InChI is InChI=1S/C40H58O6S/c1-21-15-25(23-17-27(35(3,4)5)31(41)28(18-23)36(6,7)8)39(21,33(43)44)47-40(34(45)46)22(2)16-26(40)24-19-29(37(9,10)11)32(42)30(20-24)38(12,13)14/h17-22,25-26,41-42H,15-16H2,1-14H3,(H,43,44)(H,45,46). The van der Waals surface area contributed by atoms with Crippen molar-refractivity contribution in [1.82, 2.24) is 0 Å². The third kappa shape index (κ3) is 5.97. The minimum Gasteiger partial charge on any atom is -0.507 e. The van der Waals surface area contributed by atoms with Crippen molar-refractivity contribution in [3.05, 3.63) is 57.6 Å². The van der Waals surface area contributed by atoms with Crippen LogP contribution >= 0.6 is 11.8 Å². The second-order valence-electron chi connectivity index (χ2n) is 18.6. The molecule has 0 saturated heterocycles. The molecule has 260 valence electrons. The first-order chi connectivity index (χ1) is 21.1. The van der Waals surface area contributed by atoms with E-state index in [1.807, 2.05) is 121 Å². The molecule has 0 spiro atoms. The lowest BCUT2D eigenvalue weighted by Crippen LogP contribution is -2.65. The highest BCUT2D eigenvalue weighted by molar-refractivity contribution is 8.03. The average Bonchev–Trinajstić information content (AvgIpc) is 2.88. The molecule has 6 unspecified atom stereocenters. The smallest absolute Gasteiger partial charge is 0.320 e. The largest absolute Gasteiger partial charge is 0.507 e. The van der Waals surface area contributed by atoms with Crippen LogP contribution in [0.15, 0.2) is 24.3 Å². The Balaban J connectivity index is 1.94. The lowest BCUT2D eigenvalue weighted by molar-refractivity contribution is -0.146. The summed E-state index contributed by atoms with van der Waals surface area (Å²) < 4.78 is -2.77. The second kappa shape index (κ2) is 11.5. The molecule has 0 heterocycles. The van der Waals surface area contributed by atoms with E-state index in [1.165, 1.54) is 0 Å². The van der Waals surface area contributed by atoms with Crippen molar-refractivity contribution in [2.45, 2.75) is 153 Å². The molecule has 0 aromatic heterocycles. The van der Waals surface area contributed by atoms with Gasteiger partial charge < -0.3 is 20.4 Å². The van der Waals surface area contributed by atoms with Gasteiger partial charge in [0.1, 0.15) is 21.0 Å². The molecule has 2 aliphatic carbocycles. The van der Waals surface area contributed by atoms with Crippen LogP contribution in [-0.4, -0.2) is 41.9 Å². The Bertz CT molecular complexity index is 1390. The Morgan fingerprint density at radius 2 is 0.809 bits per heavy atom. The number of hydrogen-bond acceptors (Lipinski definition) is 5. The van der Waals surface area contributed by atoms with Gasteiger partial charge in [-0.05, 0) is 79.7 Å². The average molecular weight is 667 g/mol. The third-order valence-corrected chi connectivity index (χ3v) is 13.4. The predicted molar refractivity (Wildman–Crippen MR) is 192 cm³/mol. The molecule has 0 aliphatic heterocycles. The zero-order valence-corrected chi connectivity index (χ0v) is 31.9. The molecule has 2 aliphatic rings. The van der Waals surface area contributed by atoms with Gasteiger partial charge in [-0.1, -0.05) is 121 Å². The minimum absolute atomic E-state index is 0.237. The molecule has 47 heavy (non-hydrogen) atoms. The summed E-state index contributed by atoms with van der Waals surface area (Å²) in [4.78, 5) is 27.3. The molecule has 6 atom stereocenters. The first-order valence-electron chi connectivity index (χ1n) is 17.0. The van der Waals surface area contributed by atoms with E-state index in [2.05, 4.69) is 0 Å². The lowest BCUT2D eigenvalue weighted by atomic mass is 9.60. The number of rotatable bonds is 6. The minimum atomic E-state index is -1.39. The number of benzene rings is 2. The number of phenols is 2. The van der Waals surface area contributed by atoms with E-state index in [0.717, 1.165) is 45.1 Å². The molecule has 2 saturated carbocycles. The van der Waals surface area contributed by atoms with Crippen molar-refractivity contribution >= 4 is 23.7 Å². The van der Waals surface area contributed by atoms with Gasteiger partial charge >= 0.3 is 11.9 Å². The molecule has 2 aromatic carbocycles. The van der Waals surface area contributed by atoms with E-state index in [-0.39, 0.29) is 23.3 Å². The van der Waals surface area contributed by atoms with Crippen molar-refractivity contribution in [2.75, 3.05) is 0 Å². The zero-order chi connectivity index (χ0) is 36.0. The predicted octanol–water partition coefficient (Wildman–Crippen LogP) is 9.61. The molecule has 4 rings (SSSR count). The molecule has 4 N–H and O–H groups in total. The van der Waals surface area contributed by atoms with Crippen LogP contribution in [0.5, 0.6) is 11.5 Å². The number of carboxylic acid groups (broad SMARTS) is 2. The monoisotopic (exact) mass is 666 g/mol. The van der Waals surface area contributed by atoms with Gasteiger partial charge in [0.15, 0.2) is 0 Å². The fourth-order valence-electron chi connectivity index (χ4n) is 7.97. The molecule has 0 amide bonds. The van der Waals surface area contributed by atoms with Gasteiger partial charge in [-0.15, -0.1) is 11.8 Å². The van der Waals surface area contributed by atoms with E-state index in [9.17, 15) is 30.0 Å². The van der Waals surface area contributed by atoms with Gasteiger partial charge in [0.2, 0.25) is 0 Å². The summed E-state index contributed by atoms with van der Waals surface area (Å²) in [6.45, 7) is 28.3. The van der Waals surface area contributed by atoms with Crippen LogP contribution in [0.3, 0.4) is 0 Å². The van der Waals surface area contributed by atoms with Crippen LogP contribution in [0.1, 0.15) is 155 Å². The number of carboxylic acids is 2. The molecule has 2 fully saturated rings. The maximum absolute atomic E-state index is 13.6. The van der Waals surface area contributed by atoms with Crippen molar-refractivity contribution in [1.29, 1.82) is 0 Å². The summed E-state index contributed by atoms with van der Waals surface area (Å²) in [5.74, 6) is -2.96. The van der Waals surface area contributed by atoms with Gasteiger partial charge in [0, 0.05) is 11.8 Å². The van der Waals surface area contributed by atoms with Crippen molar-refractivity contribution < 1.29 is 30.0 Å². The highest BCUT2D eigenvalue weighted by Crippen LogP contribution is 2.69. The van der Waals surface area contributed by atoms with Gasteiger partial charge in [-0.3, -0.25) is 9.59 Å². The van der Waals surface area contributed by atoms with Crippen LogP contribution in [-0.2, 0) is 31.2 Å². The summed E-state index contributed by atoms with van der Waals surface area (Å²) in [6.07, 6.45) is 1.21. The lowest BCUT2D eigenvalue weighted by Gasteiger charge is -2.60. The summed E-state index contributed by atoms with van der Waals surface area (Å²) in [7, 11) is 0. The van der Waals surface area contributed by atoms with E-state index < -0.39 is 54.9 Å². The van der Waals surface area contributed by atoms with Crippen LogP contribution in [0.2, 0.25) is 0 Å². The van der Waals surface area contributed by atoms with Gasteiger partial charge in [-0.2, -0.15) is 0 Å². The molecular weight excluding hydrogens is 609 g/mol. The third-order valence-electron chi connectivity index (χ3n) is 11.0. The van der Waals surface area contributed by atoms with E-state index in [0.29, 0.717) is 12.8 Å². The Kier molecular flexibility index (Phi) is 9.05. The van der Waals surface area contributed by atoms with Crippen LogP contribution in [0, 0.1) is 11.8 Å². The first kappa shape index (κ1) is 37.2. The van der Waals surface area contributed by atoms with Crippen molar-refractivity contribution in [3.8, 4) is 11.5 Å². The SMILES string of the molecule is CC1CC(c2cc(C(C)(C)C)c(O)c(C(C)(C)C)c2)C1(SC1(C(=O)O)C(C)CC1c1cc(C(C)(C)C)c(O)c(C(C)(C)C)c1)C(=O)O. The Labute approximate surface area is 286 Å². The maximum Gasteiger partial charge on any atom is 0.320 e. The topological polar surface area (TPSA) is 115 Å². The summed E-state index contributed by atoms with van der Waals surface area (Å²) in [6, 6.07) is 7.83. The van der Waals surface area contributed by atoms with E-state index >= 15 is 0 Å². The second-order valence-corrected chi connectivity index (χ2v) is 20.2. The van der Waals surface area contributed by atoms with Crippen molar-refractivity contribution in [3.63, 3.8) is 0 Å². The van der Waals surface area contributed by atoms with Gasteiger partial charge in [-0.25, -0.2) is 0 Å². The number of carbonyl (C=O) groups is 2. The molecule has 7 heteroatoms. The molecule has 0 bridgehead atoms. The molecule has 0 radical (unpaired) electrons. The number of thioether (sulfide) groups is 1. The maximum atomic E-state index is 13.6. The quantitative estimate of drug-likeness (QED) is 0.243. The highest BCUT2D eigenvalue weighted by Gasteiger charge is 2.69. The Morgan fingerprint density at radius 3 is 0.979 bits per heavy atom. The molecule has 2 aromatic rings. The summed E-state index contributed by atoms with van der Waals surface area (Å²) in [5.41, 5.74) is 3.17. The number of hydrogen-bond donors (Lipinski definition) is 4. The van der Waals surface area contributed by atoms with Crippen LogP contribution in [0.4, 0.5) is 0 Å². The first-order valence-corrected chi connectivity index (χ1v) is 17.9. The fraction of sp³-hybridized carbons (Fsp3) is 0.650. The Hall–Kier alpha value is -2.67. The number of aromatic hydroxyl groups is 2. The normalized spacial score (nSPS) is 28.4. The summed E-state index contributed by atoms with van der Waals surface area (Å²) >= 11 is 1.14. The fourth-order valence-corrected chi connectivity index (χ4v) is 10.1. The van der Waals surface area contributed by atoms with Gasteiger partial charge in [0.05, 0.1) is 0 Å². The molecular formula is C40H58O6S. The zero-order valence-electron chi connectivity index (χ0n) is 31.0. The molecule has 6 nitrogen and oxygen atoms in total. The van der Waals surface area contributed by atoms with Crippen LogP contribution < -0.4 is 0 Å².